The smallest absolute Gasteiger partial charge is 0.243 e. The molecule has 0 aliphatic carbocycles. The Bertz CT molecular complexity index is 258. The maximum Gasteiger partial charge on any atom is 0.243 e. The van der Waals surface area contributed by atoms with Gasteiger partial charge in [-0.3, -0.25) is 0 Å². The molecule has 2 nitrogen and oxygen atoms in total. The van der Waals surface area contributed by atoms with E-state index >= 15 is 0 Å². The van der Waals surface area contributed by atoms with Crippen LogP contribution in [0.3, 0.4) is 0 Å². The Labute approximate surface area is 117 Å². The lowest BCUT2D eigenvalue weighted by Gasteiger charge is -1.96. The van der Waals surface area contributed by atoms with Crippen molar-refractivity contribution >= 4 is 0 Å². The topological polar surface area (TPSA) is 8.81 Å². The summed E-state index contributed by atoms with van der Waals surface area (Å²) in [7, 11) is 0. The van der Waals surface area contributed by atoms with Crippen molar-refractivity contribution in [3.63, 3.8) is 0 Å². The van der Waals surface area contributed by atoms with Crippen LogP contribution in [0.1, 0.15) is 52.4 Å². The molecule has 94 valence electrons. The van der Waals surface area contributed by atoms with Crippen molar-refractivity contribution in [2.75, 3.05) is 0 Å². The van der Waals surface area contributed by atoms with Crippen molar-refractivity contribution in [1.29, 1.82) is 0 Å². The van der Waals surface area contributed by atoms with Crippen molar-refractivity contribution in [2.24, 2.45) is 0 Å². The first-order chi connectivity index (χ1) is 7.36. The molecule has 1 heterocycles. The maximum atomic E-state index is 2.31. The normalized spacial score (nSPS) is 10.1. The molecule has 0 aromatic carbocycles. The third-order valence-electron chi connectivity index (χ3n) is 2.79. The molecule has 0 spiro atoms. The minimum Gasteiger partial charge on any atom is -1.00 e. The van der Waals surface area contributed by atoms with Crippen LogP contribution in [0.5, 0.6) is 0 Å². The van der Waals surface area contributed by atoms with E-state index in [0.717, 1.165) is 0 Å². The fourth-order valence-corrected chi connectivity index (χ4v) is 1.77. The lowest BCUT2D eigenvalue weighted by atomic mass is 10.2. The van der Waals surface area contributed by atoms with E-state index in [4.69, 9.17) is 0 Å². The number of hydrogen-bond donors (Lipinski definition) is 0. The zero-order valence-electron chi connectivity index (χ0n) is 10.7. The lowest BCUT2D eigenvalue weighted by Crippen LogP contribution is -3.00. The standard InChI is InChI=1S/C13H25N2.HI/c1-3-5-7-8-10-15-12-11-14(13-15)9-6-4-2;/h11-13H,3-10H2,1-2H3;1H/q+1;/p-1. The van der Waals surface area contributed by atoms with Crippen LogP contribution in [0.15, 0.2) is 18.7 Å². The number of imidazole rings is 1. The van der Waals surface area contributed by atoms with Gasteiger partial charge < -0.3 is 24.0 Å². The van der Waals surface area contributed by atoms with Gasteiger partial charge in [0, 0.05) is 0 Å². The summed E-state index contributed by atoms with van der Waals surface area (Å²) in [4.78, 5) is 0. The largest absolute Gasteiger partial charge is 1.00 e. The molecule has 0 unspecified atom stereocenters. The Hall–Kier alpha value is -0.0600. The van der Waals surface area contributed by atoms with Crippen molar-refractivity contribution < 1.29 is 28.5 Å². The Morgan fingerprint density at radius 3 is 2.44 bits per heavy atom. The molecule has 0 aliphatic rings. The van der Waals surface area contributed by atoms with Crippen LogP contribution < -0.4 is 28.5 Å². The van der Waals surface area contributed by atoms with E-state index in [9.17, 15) is 0 Å². The zero-order valence-corrected chi connectivity index (χ0v) is 12.8. The number of hydrogen-bond acceptors (Lipinski definition) is 0. The molecule has 0 amide bonds. The number of aryl methyl sites for hydroxylation is 2. The summed E-state index contributed by atoms with van der Waals surface area (Å²) in [5, 5.41) is 0. The van der Waals surface area contributed by atoms with Gasteiger partial charge in [-0.2, -0.15) is 0 Å². The van der Waals surface area contributed by atoms with E-state index < -0.39 is 0 Å². The minimum absolute atomic E-state index is 0. The molecular weight excluding hydrogens is 311 g/mol. The molecule has 0 saturated carbocycles. The third kappa shape index (κ3) is 6.51. The highest BCUT2D eigenvalue weighted by Gasteiger charge is 2.02. The summed E-state index contributed by atoms with van der Waals surface area (Å²) in [6.07, 6.45) is 14.6. The van der Waals surface area contributed by atoms with Gasteiger partial charge in [0.2, 0.25) is 6.33 Å². The van der Waals surface area contributed by atoms with E-state index in [1.54, 1.807) is 0 Å². The van der Waals surface area contributed by atoms with Gasteiger partial charge in [0.25, 0.3) is 0 Å². The predicted molar refractivity (Wildman–Crippen MR) is 63.7 cm³/mol. The molecule has 0 radical (unpaired) electrons. The second kappa shape index (κ2) is 10.1. The SMILES string of the molecule is CCCCCC[n+]1ccn(CCCC)c1.[I-]. The molecule has 16 heavy (non-hydrogen) atoms. The fraction of sp³-hybridized carbons (Fsp3) is 0.769. The van der Waals surface area contributed by atoms with Crippen LogP contribution in [-0.2, 0) is 13.1 Å². The highest BCUT2D eigenvalue weighted by atomic mass is 127. The summed E-state index contributed by atoms with van der Waals surface area (Å²) in [5.74, 6) is 0. The van der Waals surface area contributed by atoms with Gasteiger partial charge >= 0.3 is 0 Å². The molecule has 1 rings (SSSR count). The minimum atomic E-state index is 0. The second-order valence-electron chi connectivity index (χ2n) is 4.30. The monoisotopic (exact) mass is 336 g/mol. The first-order valence-electron chi connectivity index (χ1n) is 6.41. The predicted octanol–water partition coefficient (Wildman–Crippen LogP) is 0.160. The molecule has 1 aromatic heterocycles. The van der Waals surface area contributed by atoms with Crippen LogP contribution in [0.4, 0.5) is 0 Å². The second-order valence-corrected chi connectivity index (χ2v) is 4.30. The number of rotatable bonds is 8. The average molecular weight is 336 g/mol. The fourth-order valence-electron chi connectivity index (χ4n) is 1.77. The molecule has 0 fully saturated rings. The van der Waals surface area contributed by atoms with Crippen molar-refractivity contribution in [3.05, 3.63) is 18.7 Å². The van der Waals surface area contributed by atoms with E-state index in [1.165, 1.54) is 51.6 Å². The summed E-state index contributed by atoms with van der Waals surface area (Å²) < 4.78 is 4.61. The average Bonchev–Trinajstić information content (AvgIpc) is 2.69. The molecule has 1 aromatic rings. The van der Waals surface area contributed by atoms with Gasteiger partial charge in [-0.05, 0) is 19.3 Å². The van der Waals surface area contributed by atoms with Crippen LogP contribution >= 0.6 is 0 Å². The third-order valence-corrected chi connectivity index (χ3v) is 2.79. The van der Waals surface area contributed by atoms with Gasteiger partial charge in [0.05, 0.1) is 13.1 Å². The Morgan fingerprint density at radius 2 is 1.75 bits per heavy atom. The van der Waals surface area contributed by atoms with Gasteiger partial charge in [0.1, 0.15) is 12.4 Å². The highest BCUT2D eigenvalue weighted by molar-refractivity contribution is 4.65. The summed E-state index contributed by atoms with van der Waals surface area (Å²) in [6, 6.07) is 0. The van der Waals surface area contributed by atoms with Gasteiger partial charge in [-0.1, -0.05) is 33.1 Å². The summed E-state index contributed by atoms with van der Waals surface area (Å²) in [6.45, 7) is 6.84. The first-order valence-corrected chi connectivity index (χ1v) is 6.41. The van der Waals surface area contributed by atoms with Gasteiger partial charge in [0.15, 0.2) is 0 Å². The molecular formula is C13H25IN2. The molecule has 0 saturated heterocycles. The van der Waals surface area contributed by atoms with E-state index in [1.807, 2.05) is 0 Å². The number of halogens is 1. The Balaban J connectivity index is 0.00000225. The first kappa shape index (κ1) is 15.9. The quantitative estimate of drug-likeness (QED) is 0.363. The van der Waals surface area contributed by atoms with Crippen LogP contribution in [0.25, 0.3) is 0 Å². The maximum absolute atomic E-state index is 2.31. The van der Waals surface area contributed by atoms with E-state index in [2.05, 4.69) is 41.7 Å². The van der Waals surface area contributed by atoms with Crippen LogP contribution in [-0.4, -0.2) is 4.57 Å². The molecule has 3 heteroatoms. The van der Waals surface area contributed by atoms with Crippen LogP contribution in [0.2, 0.25) is 0 Å². The summed E-state index contributed by atoms with van der Waals surface area (Å²) >= 11 is 0. The molecule has 0 aliphatic heterocycles. The van der Waals surface area contributed by atoms with E-state index in [0.29, 0.717) is 0 Å². The highest BCUT2D eigenvalue weighted by Crippen LogP contribution is 1.99. The molecule has 0 bridgehead atoms. The number of unbranched alkanes of at least 4 members (excludes halogenated alkanes) is 4. The Kier molecular flexibility index (Phi) is 10.1. The summed E-state index contributed by atoms with van der Waals surface area (Å²) in [5.41, 5.74) is 0. The Morgan fingerprint density at radius 1 is 1.00 bits per heavy atom. The van der Waals surface area contributed by atoms with Crippen molar-refractivity contribution in [2.45, 2.75) is 65.5 Å². The van der Waals surface area contributed by atoms with Gasteiger partial charge in [-0.25, -0.2) is 9.13 Å². The van der Waals surface area contributed by atoms with Crippen molar-refractivity contribution in [1.82, 2.24) is 4.57 Å². The van der Waals surface area contributed by atoms with Gasteiger partial charge in [-0.15, -0.1) is 0 Å². The van der Waals surface area contributed by atoms with Crippen LogP contribution in [0, 0.1) is 0 Å². The zero-order chi connectivity index (χ0) is 10.9. The number of nitrogens with zero attached hydrogens (tertiary/aromatic N) is 2. The molecule has 0 N–H and O–H groups in total. The van der Waals surface area contributed by atoms with E-state index in [-0.39, 0.29) is 24.0 Å². The van der Waals surface area contributed by atoms with Crippen molar-refractivity contribution in [3.8, 4) is 0 Å². The lowest BCUT2D eigenvalue weighted by molar-refractivity contribution is -0.696. The number of aromatic nitrogens is 2. The molecule has 0 atom stereocenters.